The van der Waals surface area contributed by atoms with Crippen LogP contribution < -0.4 is 14.2 Å². The minimum absolute atomic E-state index is 0.0378. The number of imidazole rings is 1. The summed E-state index contributed by atoms with van der Waals surface area (Å²) >= 11 is 0. The molecule has 2 aromatic heterocycles. The summed E-state index contributed by atoms with van der Waals surface area (Å²) < 4.78 is 43.0. The third-order valence-corrected chi connectivity index (χ3v) is 7.57. The number of pyridine rings is 1. The molecule has 0 atom stereocenters. The Morgan fingerprint density at radius 1 is 0.761 bits per heavy atom. The smallest absolute Gasteiger partial charge is 0.207 e. The SMILES string of the molecule is CCCOCCn1c(-c2cc(OC)c(OCc3ccccc3)c(OCc3ccccc3)c2F)nc2ccc(-c3ccccn3)cc21. The zero-order valence-corrected chi connectivity index (χ0v) is 26.0. The van der Waals surface area contributed by atoms with Gasteiger partial charge < -0.3 is 23.5 Å². The minimum atomic E-state index is -0.587. The van der Waals surface area contributed by atoms with Gasteiger partial charge in [-0.3, -0.25) is 4.98 Å². The molecule has 0 N–H and O–H groups in total. The third-order valence-electron chi connectivity index (χ3n) is 7.57. The van der Waals surface area contributed by atoms with Crippen molar-refractivity contribution in [3.63, 3.8) is 0 Å². The zero-order valence-electron chi connectivity index (χ0n) is 26.0. The van der Waals surface area contributed by atoms with Gasteiger partial charge in [0, 0.05) is 24.9 Å². The van der Waals surface area contributed by atoms with Crippen molar-refractivity contribution < 1.29 is 23.3 Å². The fourth-order valence-corrected chi connectivity index (χ4v) is 5.28. The van der Waals surface area contributed by atoms with Crippen LogP contribution in [0.3, 0.4) is 0 Å². The Balaban J connectivity index is 1.47. The summed E-state index contributed by atoms with van der Waals surface area (Å²) in [5.74, 6) is 0.337. The molecule has 8 heteroatoms. The molecule has 6 aromatic rings. The molecule has 0 fully saturated rings. The standard InChI is InChI=1S/C38H36FN3O4/c1-3-21-44-22-20-42-33-23-29(31-16-10-11-19-40-31)17-18-32(33)41-38(42)30-24-34(43-2)36(45-25-27-12-6-4-7-13-27)37(35(30)39)46-26-28-14-8-5-9-15-28/h4-19,23-24H,3,20-22,25-26H2,1-2H3. The van der Waals surface area contributed by atoms with Crippen LogP contribution in [0.1, 0.15) is 24.5 Å². The molecule has 0 aliphatic rings. The van der Waals surface area contributed by atoms with E-state index in [1.807, 2.05) is 102 Å². The van der Waals surface area contributed by atoms with Gasteiger partial charge >= 0.3 is 0 Å². The highest BCUT2D eigenvalue weighted by Gasteiger charge is 2.27. The van der Waals surface area contributed by atoms with Gasteiger partial charge in [0.05, 0.1) is 36.0 Å². The number of aromatic nitrogens is 3. The average molecular weight is 618 g/mol. The van der Waals surface area contributed by atoms with E-state index in [0.717, 1.165) is 39.8 Å². The number of benzene rings is 4. The topological polar surface area (TPSA) is 67.6 Å². The summed E-state index contributed by atoms with van der Waals surface area (Å²) in [5.41, 5.74) is 5.39. The van der Waals surface area contributed by atoms with E-state index in [1.165, 1.54) is 7.11 Å². The molecule has 0 unspecified atom stereocenters. The van der Waals surface area contributed by atoms with Gasteiger partial charge in [0.15, 0.2) is 11.6 Å². The van der Waals surface area contributed by atoms with E-state index in [9.17, 15) is 0 Å². The van der Waals surface area contributed by atoms with Crippen molar-refractivity contribution in [2.45, 2.75) is 33.1 Å². The molecule has 0 saturated heterocycles. The maximum absolute atomic E-state index is 16.9. The molecule has 46 heavy (non-hydrogen) atoms. The second-order valence-corrected chi connectivity index (χ2v) is 10.8. The largest absolute Gasteiger partial charge is 0.493 e. The van der Waals surface area contributed by atoms with E-state index in [1.54, 1.807) is 12.3 Å². The van der Waals surface area contributed by atoms with E-state index < -0.39 is 5.82 Å². The van der Waals surface area contributed by atoms with Gasteiger partial charge in [0.25, 0.3) is 0 Å². The van der Waals surface area contributed by atoms with Crippen LogP contribution in [0.5, 0.6) is 17.2 Å². The zero-order chi connectivity index (χ0) is 31.7. The molecule has 0 bridgehead atoms. The van der Waals surface area contributed by atoms with E-state index >= 15 is 4.39 Å². The van der Waals surface area contributed by atoms with Crippen LogP contribution in [0.4, 0.5) is 4.39 Å². The Kier molecular flexibility index (Phi) is 9.85. The first-order valence-corrected chi connectivity index (χ1v) is 15.4. The molecule has 0 aliphatic carbocycles. The monoisotopic (exact) mass is 617 g/mol. The van der Waals surface area contributed by atoms with Crippen molar-refractivity contribution in [1.82, 2.24) is 14.5 Å². The highest BCUT2D eigenvalue weighted by Crippen LogP contribution is 2.45. The van der Waals surface area contributed by atoms with Gasteiger partial charge in [0.2, 0.25) is 11.5 Å². The van der Waals surface area contributed by atoms with Crippen LogP contribution in [0, 0.1) is 5.82 Å². The Hall–Kier alpha value is -5.21. The minimum Gasteiger partial charge on any atom is -0.493 e. The van der Waals surface area contributed by atoms with Crippen LogP contribution in [0.15, 0.2) is 109 Å². The van der Waals surface area contributed by atoms with Crippen LogP contribution in [0.2, 0.25) is 0 Å². The maximum atomic E-state index is 16.9. The first kappa shape index (κ1) is 30.8. The molecule has 234 valence electrons. The molecule has 2 heterocycles. The highest BCUT2D eigenvalue weighted by molar-refractivity contribution is 5.86. The van der Waals surface area contributed by atoms with Crippen LogP contribution in [0.25, 0.3) is 33.7 Å². The summed E-state index contributed by atoms with van der Waals surface area (Å²) in [7, 11) is 1.54. The van der Waals surface area contributed by atoms with Gasteiger partial charge in [-0.1, -0.05) is 79.7 Å². The van der Waals surface area contributed by atoms with Gasteiger partial charge in [0.1, 0.15) is 19.0 Å². The molecule has 0 spiro atoms. The Bertz CT molecular complexity index is 1880. The normalized spacial score (nSPS) is 11.1. The fraction of sp³-hybridized carbons (Fsp3) is 0.211. The van der Waals surface area contributed by atoms with Gasteiger partial charge in [-0.2, -0.15) is 0 Å². The maximum Gasteiger partial charge on any atom is 0.207 e. The number of fused-ring (bicyclic) bond motifs is 1. The van der Waals surface area contributed by atoms with Gasteiger partial charge in [-0.25, -0.2) is 9.37 Å². The number of hydrogen-bond acceptors (Lipinski definition) is 6. The summed E-state index contributed by atoms with van der Waals surface area (Å²) in [6, 6.07) is 32.7. The van der Waals surface area contributed by atoms with Crippen molar-refractivity contribution in [1.29, 1.82) is 0 Å². The quantitative estimate of drug-likeness (QED) is 0.114. The summed E-state index contributed by atoms with van der Waals surface area (Å²) in [6.07, 6.45) is 2.67. The first-order chi connectivity index (χ1) is 22.7. The molecule has 6 rings (SSSR count). The van der Waals surface area contributed by atoms with Crippen molar-refractivity contribution in [2.24, 2.45) is 0 Å². The van der Waals surface area contributed by atoms with E-state index in [-0.39, 0.29) is 30.3 Å². The number of methoxy groups -OCH3 is 1. The van der Waals surface area contributed by atoms with Crippen molar-refractivity contribution >= 4 is 11.0 Å². The molecule has 4 aromatic carbocycles. The van der Waals surface area contributed by atoms with E-state index in [2.05, 4.69) is 11.9 Å². The predicted octanol–water partition coefficient (Wildman–Crippen LogP) is 8.50. The average Bonchev–Trinajstić information content (AvgIpc) is 3.47. The number of nitrogens with zero attached hydrogens (tertiary/aromatic N) is 3. The van der Waals surface area contributed by atoms with Gasteiger partial charge in [-0.15, -0.1) is 0 Å². The van der Waals surface area contributed by atoms with Crippen molar-refractivity contribution in [3.05, 3.63) is 126 Å². The second kappa shape index (κ2) is 14.7. The predicted molar refractivity (Wildman–Crippen MR) is 178 cm³/mol. The number of rotatable bonds is 14. The van der Waals surface area contributed by atoms with Crippen LogP contribution in [-0.4, -0.2) is 34.9 Å². The lowest BCUT2D eigenvalue weighted by molar-refractivity contribution is 0.128. The van der Waals surface area contributed by atoms with Crippen molar-refractivity contribution in [3.8, 4) is 39.9 Å². The van der Waals surface area contributed by atoms with Crippen molar-refractivity contribution in [2.75, 3.05) is 20.3 Å². The Morgan fingerprint density at radius 3 is 2.11 bits per heavy atom. The number of halogens is 1. The molecule has 7 nitrogen and oxygen atoms in total. The third kappa shape index (κ3) is 6.87. The first-order valence-electron chi connectivity index (χ1n) is 15.4. The molecule has 0 saturated carbocycles. The fourth-order valence-electron chi connectivity index (χ4n) is 5.28. The summed E-state index contributed by atoms with van der Waals surface area (Å²) in [6.45, 7) is 3.95. The Labute approximate surface area is 268 Å². The van der Waals surface area contributed by atoms with Crippen LogP contribution in [-0.2, 0) is 24.5 Å². The molecular formula is C38H36FN3O4. The van der Waals surface area contributed by atoms with E-state index in [0.29, 0.717) is 31.3 Å². The molecule has 0 amide bonds. The number of ether oxygens (including phenoxy) is 4. The molecule has 0 radical (unpaired) electrons. The van der Waals surface area contributed by atoms with E-state index in [4.69, 9.17) is 23.9 Å². The lowest BCUT2D eigenvalue weighted by Crippen LogP contribution is -2.10. The lowest BCUT2D eigenvalue weighted by atomic mass is 10.1. The molecule has 0 aliphatic heterocycles. The second-order valence-electron chi connectivity index (χ2n) is 10.8. The number of hydrogen-bond donors (Lipinski definition) is 0. The molecular weight excluding hydrogens is 581 g/mol. The summed E-state index contributed by atoms with van der Waals surface area (Å²) in [4.78, 5) is 9.45. The lowest BCUT2D eigenvalue weighted by Gasteiger charge is -2.19. The summed E-state index contributed by atoms with van der Waals surface area (Å²) in [5, 5.41) is 0. The van der Waals surface area contributed by atoms with Crippen LogP contribution >= 0.6 is 0 Å². The highest BCUT2D eigenvalue weighted by atomic mass is 19.1. The van der Waals surface area contributed by atoms with Gasteiger partial charge in [-0.05, 0) is 47.9 Å². The Morgan fingerprint density at radius 2 is 1.46 bits per heavy atom.